The minimum atomic E-state index is -0.946. The summed E-state index contributed by atoms with van der Waals surface area (Å²) < 4.78 is 41.2. The van der Waals surface area contributed by atoms with Crippen molar-refractivity contribution >= 4 is 12.0 Å². The zero-order chi connectivity index (χ0) is 31.9. The van der Waals surface area contributed by atoms with Gasteiger partial charge in [-0.25, -0.2) is 18.0 Å². The molecule has 0 radical (unpaired) electrons. The van der Waals surface area contributed by atoms with Gasteiger partial charge < -0.3 is 20.2 Å². The molecule has 2 N–H and O–H groups in total. The summed E-state index contributed by atoms with van der Waals surface area (Å²) in [6.07, 6.45) is 6.01. The van der Waals surface area contributed by atoms with Gasteiger partial charge in [0.25, 0.3) is 0 Å². The fourth-order valence-electron chi connectivity index (χ4n) is 6.53. The molecule has 238 valence electrons. The number of piperidine rings is 1. The summed E-state index contributed by atoms with van der Waals surface area (Å²) in [5.41, 5.74) is 0.661. The standard InChI is InChI=1S/C33H47F3N4O3/c1-7-9-25(34)16-22(3)27-21-39(30(31(41)42)33(4,5)6)20-24(27)19-38-14-12-26(13-15-38)40(8-2)32(43)37-18-23-10-11-28(35)29(36)17-23/h7,9-11,16-17,24,26-27,30H,3,8,12-15,18-21H2,1-2,4-6H3,(H,37,43)(H,41,42)/b9-7-,25-16+/t24-,27+,30-/m0/s1. The van der Waals surface area contributed by atoms with Gasteiger partial charge in [-0.1, -0.05) is 39.5 Å². The zero-order valence-corrected chi connectivity index (χ0v) is 26.1. The lowest BCUT2D eigenvalue weighted by Crippen LogP contribution is -2.51. The molecule has 10 heteroatoms. The molecule has 0 bridgehead atoms. The van der Waals surface area contributed by atoms with Gasteiger partial charge in [-0.3, -0.25) is 9.69 Å². The van der Waals surface area contributed by atoms with E-state index in [9.17, 15) is 27.9 Å². The van der Waals surface area contributed by atoms with Crippen molar-refractivity contribution in [2.75, 3.05) is 39.3 Å². The Hall–Kier alpha value is -3.11. The lowest BCUT2D eigenvalue weighted by molar-refractivity contribution is -0.147. The first-order chi connectivity index (χ1) is 20.2. The van der Waals surface area contributed by atoms with E-state index in [-0.39, 0.29) is 36.3 Å². The fraction of sp³-hybridized carbons (Fsp3) is 0.576. The van der Waals surface area contributed by atoms with Crippen molar-refractivity contribution in [3.8, 4) is 0 Å². The molecule has 0 aliphatic carbocycles. The average Bonchev–Trinajstić information content (AvgIpc) is 3.32. The van der Waals surface area contributed by atoms with Gasteiger partial charge in [0, 0.05) is 57.8 Å². The SMILES string of the molecule is C=C(/C=C(F)\C=C/C)[C@H]1CN([C@@H](C(=O)O)C(C)(C)C)C[C@@H]1CN1CCC(N(CC)C(=O)NCc2ccc(F)c(F)c2)CC1. The number of carbonyl (C=O) groups is 2. The van der Waals surface area contributed by atoms with E-state index >= 15 is 0 Å². The van der Waals surface area contributed by atoms with Crippen LogP contribution in [0.15, 0.2) is 54.4 Å². The van der Waals surface area contributed by atoms with E-state index in [1.807, 2.05) is 32.6 Å². The van der Waals surface area contributed by atoms with Gasteiger partial charge in [0.1, 0.15) is 11.9 Å². The van der Waals surface area contributed by atoms with E-state index in [4.69, 9.17) is 0 Å². The van der Waals surface area contributed by atoms with Gasteiger partial charge in [0.05, 0.1) is 0 Å². The monoisotopic (exact) mass is 604 g/mol. The van der Waals surface area contributed by atoms with Crippen LogP contribution in [0.4, 0.5) is 18.0 Å². The molecular formula is C33H47F3N4O3. The second-order valence-corrected chi connectivity index (χ2v) is 12.8. The number of benzene rings is 1. The number of urea groups is 1. The van der Waals surface area contributed by atoms with Crippen LogP contribution in [0.3, 0.4) is 0 Å². The van der Waals surface area contributed by atoms with Gasteiger partial charge in [-0.2, -0.15) is 0 Å². The molecule has 2 amide bonds. The maximum absolute atomic E-state index is 14.4. The van der Waals surface area contributed by atoms with Crippen molar-refractivity contribution in [1.82, 2.24) is 20.0 Å². The summed E-state index contributed by atoms with van der Waals surface area (Å²) in [5.74, 6) is -3.13. The Morgan fingerprint density at radius 3 is 2.42 bits per heavy atom. The highest BCUT2D eigenvalue weighted by molar-refractivity contribution is 5.75. The predicted molar refractivity (Wildman–Crippen MR) is 163 cm³/mol. The number of nitrogens with zero attached hydrogens (tertiary/aromatic N) is 3. The Morgan fingerprint density at radius 1 is 1.19 bits per heavy atom. The number of carbonyl (C=O) groups excluding carboxylic acids is 1. The number of aliphatic carboxylic acids is 1. The van der Waals surface area contributed by atoms with Crippen molar-refractivity contribution in [3.63, 3.8) is 0 Å². The Balaban J connectivity index is 1.64. The number of likely N-dealkylation sites (tertiary alicyclic amines) is 2. The van der Waals surface area contributed by atoms with Gasteiger partial charge in [-0.15, -0.1) is 0 Å². The number of rotatable bonds is 11. The summed E-state index contributed by atoms with van der Waals surface area (Å²) in [6, 6.07) is 2.70. The summed E-state index contributed by atoms with van der Waals surface area (Å²) in [5, 5.41) is 12.9. The molecule has 7 nitrogen and oxygen atoms in total. The molecule has 0 saturated carbocycles. The first-order valence-electron chi connectivity index (χ1n) is 15.1. The largest absolute Gasteiger partial charge is 0.480 e. The number of allylic oxidation sites excluding steroid dienone is 4. The molecule has 3 rings (SSSR count). The Bertz CT molecular complexity index is 1200. The van der Waals surface area contributed by atoms with Crippen molar-refractivity contribution in [1.29, 1.82) is 0 Å². The fourth-order valence-corrected chi connectivity index (χ4v) is 6.53. The van der Waals surface area contributed by atoms with Crippen LogP contribution >= 0.6 is 0 Å². The highest BCUT2D eigenvalue weighted by Gasteiger charge is 2.44. The first kappa shape index (κ1) is 34.4. The van der Waals surface area contributed by atoms with Gasteiger partial charge in [0.2, 0.25) is 0 Å². The van der Waals surface area contributed by atoms with Crippen LogP contribution in [0.5, 0.6) is 0 Å². The quantitative estimate of drug-likeness (QED) is 0.304. The maximum Gasteiger partial charge on any atom is 0.321 e. The molecule has 2 aliphatic rings. The van der Waals surface area contributed by atoms with Gasteiger partial charge in [-0.05, 0) is 73.4 Å². The molecule has 1 aromatic rings. The highest BCUT2D eigenvalue weighted by atomic mass is 19.2. The van der Waals surface area contributed by atoms with Crippen molar-refractivity contribution < 1.29 is 27.9 Å². The van der Waals surface area contributed by atoms with Crippen LogP contribution in [-0.4, -0.2) is 83.2 Å². The minimum Gasteiger partial charge on any atom is -0.480 e. The Labute approximate surface area is 254 Å². The molecule has 2 heterocycles. The molecule has 2 aliphatic heterocycles. The number of hydrogen-bond donors (Lipinski definition) is 2. The van der Waals surface area contributed by atoms with Gasteiger partial charge in [0.15, 0.2) is 11.6 Å². The van der Waals surface area contributed by atoms with E-state index in [2.05, 4.69) is 16.8 Å². The number of hydrogen-bond acceptors (Lipinski definition) is 4. The zero-order valence-electron chi connectivity index (χ0n) is 26.1. The molecule has 0 unspecified atom stereocenters. The second kappa shape index (κ2) is 15.1. The third-order valence-electron chi connectivity index (χ3n) is 8.53. The Morgan fingerprint density at radius 2 is 1.86 bits per heavy atom. The van der Waals surface area contributed by atoms with Crippen LogP contribution < -0.4 is 5.32 Å². The van der Waals surface area contributed by atoms with Crippen LogP contribution in [0, 0.1) is 28.9 Å². The number of halogens is 3. The van der Waals surface area contributed by atoms with Crippen molar-refractivity contribution in [2.24, 2.45) is 17.3 Å². The van der Waals surface area contributed by atoms with E-state index in [1.54, 1.807) is 17.9 Å². The normalized spacial score (nSPS) is 21.7. The molecule has 3 atom stereocenters. The number of carboxylic acids is 1. The summed E-state index contributed by atoms with van der Waals surface area (Å²) >= 11 is 0. The molecular weight excluding hydrogens is 557 g/mol. The predicted octanol–water partition coefficient (Wildman–Crippen LogP) is 5.99. The van der Waals surface area contributed by atoms with Crippen molar-refractivity contribution in [3.05, 3.63) is 71.6 Å². The van der Waals surface area contributed by atoms with Crippen LogP contribution in [0.1, 0.15) is 53.0 Å². The molecule has 1 aromatic carbocycles. The highest BCUT2D eigenvalue weighted by Crippen LogP contribution is 2.37. The summed E-state index contributed by atoms with van der Waals surface area (Å²) in [7, 11) is 0. The van der Waals surface area contributed by atoms with Crippen molar-refractivity contribution in [2.45, 2.75) is 66.1 Å². The van der Waals surface area contributed by atoms with Gasteiger partial charge >= 0.3 is 12.0 Å². The average molecular weight is 605 g/mol. The smallest absolute Gasteiger partial charge is 0.321 e. The topological polar surface area (TPSA) is 76.1 Å². The minimum absolute atomic E-state index is 0.0344. The van der Waals surface area contributed by atoms with E-state index in [0.29, 0.717) is 30.8 Å². The summed E-state index contributed by atoms with van der Waals surface area (Å²) in [4.78, 5) is 31.4. The molecule has 0 aromatic heterocycles. The molecule has 43 heavy (non-hydrogen) atoms. The number of carboxylic acid groups (broad SMARTS) is 1. The van der Waals surface area contributed by atoms with E-state index in [0.717, 1.165) is 44.6 Å². The Kier molecular flexibility index (Phi) is 12.0. The lowest BCUT2D eigenvalue weighted by Gasteiger charge is -2.39. The van der Waals surface area contributed by atoms with Crippen LogP contribution in [-0.2, 0) is 11.3 Å². The third kappa shape index (κ3) is 9.19. The molecule has 2 saturated heterocycles. The maximum atomic E-state index is 14.4. The second-order valence-electron chi connectivity index (χ2n) is 12.8. The first-order valence-corrected chi connectivity index (χ1v) is 15.1. The molecule has 0 spiro atoms. The summed E-state index contributed by atoms with van der Waals surface area (Å²) in [6.45, 7) is 17.5. The van der Waals surface area contributed by atoms with Crippen LogP contribution in [0.25, 0.3) is 0 Å². The lowest BCUT2D eigenvalue weighted by atomic mass is 9.85. The number of nitrogens with one attached hydrogen (secondary N) is 1. The third-order valence-corrected chi connectivity index (χ3v) is 8.53. The van der Waals surface area contributed by atoms with Crippen LogP contribution in [0.2, 0.25) is 0 Å². The number of amides is 2. The molecule has 2 fully saturated rings. The van der Waals surface area contributed by atoms with E-state index in [1.165, 1.54) is 18.2 Å². The van der Waals surface area contributed by atoms with E-state index < -0.39 is 29.1 Å².